The summed E-state index contributed by atoms with van der Waals surface area (Å²) in [7, 11) is 5.03. The van der Waals surface area contributed by atoms with Crippen LogP contribution in [0.3, 0.4) is 0 Å². The maximum atomic E-state index is 5.42. The molecule has 162 valence electrons. The van der Waals surface area contributed by atoms with Crippen molar-refractivity contribution in [2.75, 3.05) is 26.6 Å². The average Bonchev–Trinajstić information content (AvgIpc) is 2.88. The molecule has 0 fully saturated rings. The van der Waals surface area contributed by atoms with E-state index in [2.05, 4.69) is 53.8 Å². The van der Waals surface area contributed by atoms with E-state index in [1.54, 1.807) is 21.3 Å². The number of rotatable bonds is 8. The number of anilines is 1. The van der Waals surface area contributed by atoms with Gasteiger partial charge in [-0.3, -0.25) is 0 Å². The number of benzene rings is 4. The van der Waals surface area contributed by atoms with E-state index < -0.39 is 5.54 Å². The standard InChI is InChI=1S/C28H27NO3/c1-30-25-15-9-22(10-16-25)28(21-7-5-4-6-8-21,23-11-17-26(31-2)18-12-23)29-24-13-19-27(32-3)20-14-24/h4-20,29H,1-3H3. The Morgan fingerprint density at radius 1 is 0.469 bits per heavy atom. The predicted molar refractivity (Wildman–Crippen MR) is 129 cm³/mol. The van der Waals surface area contributed by atoms with E-state index in [0.29, 0.717) is 0 Å². The molecule has 0 saturated heterocycles. The molecule has 4 rings (SSSR count). The van der Waals surface area contributed by atoms with Crippen LogP contribution in [0.15, 0.2) is 103 Å². The van der Waals surface area contributed by atoms with Gasteiger partial charge in [0.25, 0.3) is 0 Å². The summed E-state index contributed by atoms with van der Waals surface area (Å²) in [5.74, 6) is 2.44. The molecule has 0 radical (unpaired) electrons. The van der Waals surface area contributed by atoms with Gasteiger partial charge in [0.15, 0.2) is 0 Å². The summed E-state index contributed by atoms with van der Waals surface area (Å²) < 4.78 is 16.2. The van der Waals surface area contributed by atoms with E-state index in [1.165, 1.54) is 0 Å². The van der Waals surface area contributed by atoms with Gasteiger partial charge in [0, 0.05) is 5.69 Å². The minimum Gasteiger partial charge on any atom is -0.497 e. The van der Waals surface area contributed by atoms with Crippen LogP contribution >= 0.6 is 0 Å². The van der Waals surface area contributed by atoms with Gasteiger partial charge in [-0.15, -0.1) is 0 Å². The summed E-state index contributed by atoms with van der Waals surface area (Å²) in [6.45, 7) is 0. The molecule has 0 saturated carbocycles. The summed E-state index contributed by atoms with van der Waals surface area (Å²) >= 11 is 0. The molecule has 0 atom stereocenters. The first-order chi connectivity index (χ1) is 15.7. The molecule has 0 spiro atoms. The molecule has 0 aliphatic heterocycles. The van der Waals surface area contributed by atoms with Crippen molar-refractivity contribution in [1.82, 2.24) is 0 Å². The minimum atomic E-state index is -0.644. The molecule has 1 N–H and O–H groups in total. The predicted octanol–water partition coefficient (Wildman–Crippen LogP) is 6.12. The van der Waals surface area contributed by atoms with Gasteiger partial charge in [0.05, 0.1) is 21.3 Å². The quantitative estimate of drug-likeness (QED) is 0.346. The van der Waals surface area contributed by atoms with Gasteiger partial charge in [0.1, 0.15) is 22.8 Å². The van der Waals surface area contributed by atoms with Crippen molar-refractivity contribution in [2.45, 2.75) is 5.54 Å². The number of nitrogens with one attached hydrogen (secondary N) is 1. The molecule has 0 bridgehead atoms. The molecule has 0 heterocycles. The maximum absolute atomic E-state index is 5.42. The molecule has 0 amide bonds. The normalized spacial score (nSPS) is 11.0. The first kappa shape index (κ1) is 21.3. The Balaban J connectivity index is 1.95. The van der Waals surface area contributed by atoms with E-state index in [9.17, 15) is 0 Å². The van der Waals surface area contributed by atoms with E-state index >= 15 is 0 Å². The highest BCUT2D eigenvalue weighted by Crippen LogP contribution is 2.41. The summed E-state index contributed by atoms with van der Waals surface area (Å²) in [5, 5.41) is 3.83. The van der Waals surface area contributed by atoms with E-state index in [1.807, 2.05) is 54.6 Å². The SMILES string of the molecule is COc1ccc(NC(c2ccccc2)(c2ccc(OC)cc2)c2ccc(OC)cc2)cc1. The molecule has 4 nitrogen and oxygen atoms in total. The summed E-state index contributed by atoms with van der Waals surface area (Å²) in [4.78, 5) is 0. The fourth-order valence-corrected chi connectivity index (χ4v) is 3.98. The second kappa shape index (κ2) is 9.48. The summed E-state index contributed by atoms with van der Waals surface area (Å²) in [6, 6.07) is 34.8. The third-order valence-electron chi connectivity index (χ3n) is 5.67. The van der Waals surface area contributed by atoms with E-state index in [4.69, 9.17) is 14.2 Å². The van der Waals surface area contributed by atoms with Crippen LogP contribution in [0.1, 0.15) is 16.7 Å². The summed E-state index contributed by atoms with van der Waals surface area (Å²) in [6.07, 6.45) is 0. The largest absolute Gasteiger partial charge is 0.497 e. The molecule has 0 unspecified atom stereocenters. The highest BCUT2D eigenvalue weighted by Gasteiger charge is 2.36. The van der Waals surface area contributed by atoms with E-state index in [-0.39, 0.29) is 0 Å². The first-order valence-electron chi connectivity index (χ1n) is 10.5. The van der Waals surface area contributed by atoms with Crippen LogP contribution in [-0.2, 0) is 5.54 Å². The van der Waals surface area contributed by atoms with Crippen molar-refractivity contribution >= 4 is 5.69 Å². The van der Waals surface area contributed by atoms with E-state index in [0.717, 1.165) is 39.6 Å². The fraction of sp³-hybridized carbons (Fsp3) is 0.143. The van der Waals surface area contributed by atoms with Crippen LogP contribution in [0.4, 0.5) is 5.69 Å². The first-order valence-corrected chi connectivity index (χ1v) is 10.5. The van der Waals surface area contributed by atoms with Crippen molar-refractivity contribution in [1.29, 1.82) is 0 Å². The fourth-order valence-electron chi connectivity index (χ4n) is 3.98. The Hall–Kier alpha value is -3.92. The van der Waals surface area contributed by atoms with Crippen molar-refractivity contribution < 1.29 is 14.2 Å². The monoisotopic (exact) mass is 425 g/mol. The third kappa shape index (κ3) is 4.12. The van der Waals surface area contributed by atoms with Crippen molar-refractivity contribution in [3.05, 3.63) is 120 Å². The Labute approximate surface area is 189 Å². The lowest BCUT2D eigenvalue weighted by Gasteiger charge is -2.38. The third-order valence-corrected chi connectivity index (χ3v) is 5.67. The lowest BCUT2D eigenvalue weighted by Crippen LogP contribution is -2.38. The zero-order valence-electron chi connectivity index (χ0n) is 18.5. The van der Waals surface area contributed by atoms with Gasteiger partial charge in [0.2, 0.25) is 0 Å². The Kier molecular flexibility index (Phi) is 6.31. The molecule has 4 heteroatoms. The topological polar surface area (TPSA) is 39.7 Å². The van der Waals surface area contributed by atoms with Gasteiger partial charge in [-0.1, -0.05) is 54.6 Å². The van der Waals surface area contributed by atoms with Crippen LogP contribution in [0.2, 0.25) is 0 Å². The Bertz CT molecular complexity index is 1070. The molecule has 0 aliphatic carbocycles. The van der Waals surface area contributed by atoms with Gasteiger partial charge in [-0.2, -0.15) is 0 Å². The van der Waals surface area contributed by atoms with Gasteiger partial charge < -0.3 is 19.5 Å². The van der Waals surface area contributed by atoms with Crippen LogP contribution in [-0.4, -0.2) is 21.3 Å². The number of ether oxygens (including phenoxy) is 3. The maximum Gasteiger partial charge on any atom is 0.119 e. The van der Waals surface area contributed by atoms with Crippen molar-refractivity contribution in [2.24, 2.45) is 0 Å². The number of methoxy groups -OCH3 is 3. The molecular weight excluding hydrogens is 398 g/mol. The Morgan fingerprint density at radius 2 is 0.844 bits per heavy atom. The smallest absolute Gasteiger partial charge is 0.119 e. The number of hydrogen-bond acceptors (Lipinski definition) is 4. The van der Waals surface area contributed by atoms with Gasteiger partial charge >= 0.3 is 0 Å². The second-order valence-electron chi connectivity index (χ2n) is 7.43. The highest BCUT2D eigenvalue weighted by molar-refractivity contribution is 5.61. The summed E-state index contributed by atoms with van der Waals surface area (Å²) in [5.41, 5.74) is 3.62. The van der Waals surface area contributed by atoms with Crippen LogP contribution in [0, 0.1) is 0 Å². The number of hydrogen-bond donors (Lipinski definition) is 1. The van der Waals surface area contributed by atoms with Crippen LogP contribution in [0.5, 0.6) is 17.2 Å². The lowest BCUT2D eigenvalue weighted by molar-refractivity contribution is 0.414. The highest BCUT2D eigenvalue weighted by atomic mass is 16.5. The average molecular weight is 426 g/mol. The van der Waals surface area contributed by atoms with Gasteiger partial charge in [-0.05, 0) is 65.2 Å². The molecular formula is C28H27NO3. The lowest BCUT2D eigenvalue weighted by atomic mass is 9.76. The van der Waals surface area contributed by atoms with Crippen LogP contribution < -0.4 is 19.5 Å². The Morgan fingerprint density at radius 3 is 1.25 bits per heavy atom. The molecule has 0 aliphatic rings. The van der Waals surface area contributed by atoms with Crippen molar-refractivity contribution in [3.8, 4) is 17.2 Å². The van der Waals surface area contributed by atoms with Crippen LogP contribution in [0.25, 0.3) is 0 Å². The second-order valence-corrected chi connectivity index (χ2v) is 7.43. The van der Waals surface area contributed by atoms with Gasteiger partial charge in [-0.25, -0.2) is 0 Å². The minimum absolute atomic E-state index is 0.644. The zero-order chi connectivity index (χ0) is 22.4. The molecule has 4 aromatic carbocycles. The van der Waals surface area contributed by atoms with Crippen molar-refractivity contribution in [3.63, 3.8) is 0 Å². The molecule has 0 aromatic heterocycles. The molecule has 32 heavy (non-hydrogen) atoms. The molecule has 4 aromatic rings. The zero-order valence-corrected chi connectivity index (χ0v) is 18.5.